The van der Waals surface area contributed by atoms with E-state index in [1.165, 1.54) is 0 Å². The molecular formula is C18H19N5O2. The van der Waals surface area contributed by atoms with Gasteiger partial charge in [0.15, 0.2) is 0 Å². The van der Waals surface area contributed by atoms with Gasteiger partial charge in [-0.3, -0.25) is 4.79 Å². The minimum Gasteiger partial charge on any atom is -0.396 e. The number of hydrogen-bond donors (Lipinski definition) is 3. The van der Waals surface area contributed by atoms with Gasteiger partial charge in [0.25, 0.3) is 5.91 Å². The Hall–Kier alpha value is -2.93. The summed E-state index contributed by atoms with van der Waals surface area (Å²) in [4.78, 5) is 26.4. The van der Waals surface area contributed by atoms with Crippen molar-refractivity contribution in [1.82, 2.24) is 20.3 Å². The van der Waals surface area contributed by atoms with Gasteiger partial charge in [0, 0.05) is 60.7 Å². The fraction of sp³-hybridized carbons (Fsp3) is 0.278. The van der Waals surface area contributed by atoms with E-state index in [0.29, 0.717) is 24.6 Å². The van der Waals surface area contributed by atoms with Crippen LogP contribution in [0.25, 0.3) is 10.9 Å². The number of nitrogens with zero attached hydrogens (tertiary/aromatic N) is 3. The van der Waals surface area contributed by atoms with Crippen molar-refractivity contribution in [3.05, 3.63) is 54.5 Å². The molecule has 1 saturated heterocycles. The van der Waals surface area contributed by atoms with Gasteiger partial charge in [0.2, 0.25) is 5.95 Å². The van der Waals surface area contributed by atoms with Crippen LogP contribution in [0.4, 0.5) is 5.95 Å². The first-order valence-corrected chi connectivity index (χ1v) is 8.26. The number of anilines is 1. The van der Waals surface area contributed by atoms with Crippen LogP contribution >= 0.6 is 0 Å². The summed E-state index contributed by atoms with van der Waals surface area (Å²) in [5.74, 6) is 0.424. The normalized spacial score (nSPS) is 20.1. The van der Waals surface area contributed by atoms with Crippen LogP contribution in [-0.2, 0) is 0 Å². The molecule has 3 heterocycles. The second-order valence-corrected chi connectivity index (χ2v) is 6.22. The Bertz CT molecular complexity index is 879. The Balaban J connectivity index is 1.53. The van der Waals surface area contributed by atoms with Crippen LogP contribution in [0.5, 0.6) is 0 Å². The van der Waals surface area contributed by atoms with Gasteiger partial charge in [0.1, 0.15) is 0 Å². The predicted octanol–water partition coefficient (Wildman–Crippen LogP) is 1.18. The number of carbonyl (C=O) groups is 1. The number of benzene rings is 1. The molecule has 1 aliphatic rings. The molecule has 3 aromatic rings. The maximum absolute atomic E-state index is 12.8. The third-order valence-corrected chi connectivity index (χ3v) is 4.67. The fourth-order valence-electron chi connectivity index (χ4n) is 3.37. The standard InChI is InChI=1S/C18H19N5O2/c24-11-12-9-23(18-20-6-2-7-21-18)10-16(12)22-17(25)14-3-1-4-15-13(14)5-8-19-15/h1-8,12,16,19,24H,9-11H2,(H,22,25)/t12-,16+/m0/s1. The molecule has 1 aliphatic heterocycles. The summed E-state index contributed by atoms with van der Waals surface area (Å²) in [6.45, 7) is 1.19. The lowest BCUT2D eigenvalue weighted by molar-refractivity contribution is 0.0923. The number of carbonyl (C=O) groups excluding carboxylic acids is 1. The highest BCUT2D eigenvalue weighted by Gasteiger charge is 2.34. The smallest absolute Gasteiger partial charge is 0.252 e. The lowest BCUT2D eigenvalue weighted by Gasteiger charge is -2.18. The van der Waals surface area contributed by atoms with Crippen molar-refractivity contribution in [2.75, 3.05) is 24.6 Å². The van der Waals surface area contributed by atoms with E-state index in [9.17, 15) is 9.90 Å². The van der Waals surface area contributed by atoms with Gasteiger partial charge in [-0.1, -0.05) is 6.07 Å². The molecule has 0 radical (unpaired) electrons. The van der Waals surface area contributed by atoms with Crippen molar-refractivity contribution in [3.8, 4) is 0 Å². The lowest BCUT2D eigenvalue weighted by atomic mass is 10.0. The molecule has 0 saturated carbocycles. The Morgan fingerprint density at radius 2 is 2.08 bits per heavy atom. The number of amides is 1. The monoisotopic (exact) mass is 337 g/mol. The predicted molar refractivity (Wildman–Crippen MR) is 94.4 cm³/mol. The van der Waals surface area contributed by atoms with E-state index < -0.39 is 0 Å². The number of aromatic amines is 1. The summed E-state index contributed by atoms with van der Waals surface area (Å²) < 4.78 is 0. The molecule has 0 unspecified atom stereocenters. The van der Waals surface area contributed by atoms with Gasteiger partial charge in [0.05, 0.1) is 6.04 Å². The summed E-state index contributed by atoms with van der Waals surface area (Å²) in [6, 6.07) is 9.11. The van der Waals surface area contributed by atoms with Crippen molar-refractivity contribution in [2.45, 2.75) is 6.04 Å². The Morgan fingerprint density at radius 1 is 1.24 bits per heavy atom. The molecule has 7 heteroatoms. The Morgan fingerprint density at radius 3 is 2.88 bits per heavy atom. The highest BCUT2D eigenvalue weighted by molar-refractivity contribution is 6.06. The number of aliphatic hydroxyl groups is 1. The van der Waals surface area contributed by atoms with E-state index >= 15 is 0 Å². The van der Waals surface area contributed by atoms with Crippen LogP contribution in [0.1, 0.15) is 10.4 Å². The molecule has 128 valence electrons. The molecule has 0 spiro atoms. The van der Waals surface area contributed by atoms with E-state index in [0.717, 1.165) is 10.9 Å². The number of aliphatic hydroxyl groups excluding tert-OH is 1. The molecule has 3 N–H and O–H groups in total. The first kappa shape index (κ1) is 15.6. The Labute approximate surface area is 144 Å². The van der Waals surface area contributed by atoms with Crippen LogP contribution in [0.2, 0.25) is 0 Å². The van der Waals surface area contributed by atoms with Crippen LogP contribution in [-0.4, -0.2) is 51.7 Å². The molecule has 0 bridgehead atoms. The lowest BCUT2D eigenvalue weighted by Crippen LogP contribution is -2.41. The maximum Gasteiger partial charge on any atom is 0.252 e. The number of fused-ring (bicyclic) bond motifs is 1. The number of nitrogens with one attached hydrogen (secondary N) is 2. The second-order valence-electron chi connectivity index (χ2n) is 6.22. The van der Waals surface area contributed by atoms with Gasteiger partial charge >= 0.3 is 0 Å². The quantitative estimate of drug-likeness (QED) is 0.665. The highest BCUT2D eigenvalue weighted by Crippen LogP contribution is 2.22. The zero-order valence-electron chi connectivity index (χ0n) is 13.6. The molecular weight excluding hydrogens is 318 g/mol. The zero-order chi connectivity index (χ0) is 17.2. The molecule has 2 aromatic heterocycles. The molecule has 0 aliphatic carbocycles. The van der Waals surface area contributed by atoms with Gasteiger partial charge in [-0.15, -0.1) is 0 Å². The average Bonchev–Trinajstić information content (AvgIpc) is 3.28. The molecule has 4 rings (SSSR count). The van der Waals surface area contributed by atoms with E-state index in [1.54, 1.807) is 18.5 Å². The summed E-state index contributed by atoms with van der Waals surface area (Å²) in [5, 5.41) is 13.7. The second kappa shape index (κ2) is 6.52. The van der Waals surface area contributed by atoms with Crippen molar-refractivity contribution in [3.63, 3.8) is 0 Å². The average molecular weight is 337 g/mol. The SMILES string of the molecule is O=C(N[C@@H]1CN(c2ncccn2)C[C@H]1CO)c1cccc2[nH]ccc12. The van der Waals surface area contributed by atoms with Crippen molar-refractivity contribution in [1.29, 1.82) is 0 Å². The molecule has 25 heavy (non-hydrogen) atoms. The van der Waals surface area contributed by atoms with Crippen LogP contribution < -0.4 is 10.2 Å². The first-order valence-electron chi connectivity index (χ1n) is 8.26. The zero-order valence-corrected chi connectivity index (χ0v) is 13.6. The van der Waals surface area contributed by atoms with Gasteiger partial charge in [-0.05, 0) is 24.3 Å². The van der Waals surface area contributed by atoms with Gasteiger partial charge in [-0.2, -0.15) is 0 Å². The van der Waals surface area contributed by atoms with E-state index in [-0.39, 0.29) is 24.5 Å². The summed E-state index contributed by atoms with van der Waals surface area (Å²) >= 11 is 0. The molecule has 7 nitrogen and oxygen atoms in total. The maximum atomic E-state index is 12.8. The number of rotatable bonds is 4. The van der Waals surface area contributed by atoms with Crippen molar-refractivity contribution >= 4 is 22.8 Å². The summed E-state index contributed by atoms with van der Waals surface area (Å²) in [6.07, 6.45) is 5.20. The molecule has 1 aromatic carbocycles. The third kappa shape index (κ3) is 2.94. The molecule has 1 fully saturated rings. The van der Waals surface area contributed by atoms with Crippen molar-refractivity contribution in [2.24, 2.45) is 5.92 Å². The molecule has 1 amide bonds. The fourth-order valence-corrected chi connectivity index (χ4v) is 3.37. The van der Waals surface area contributed by atoms with E-state index in [2.05, 4.69) is 20.3 Å². The largest absolute Gasteiger partial charge is 0.396 e. The topological polar surface area (TPSA) is 94.1 Å². The molecule has 2 atom stereocenters. The highest BCUT2D eigenvalue weighted by atomic mass is 16.3. The summed E-state index contributed by atoms with van der Waals surface area (Å²) in [7, 11) is 0. The minimum atomic E-state index is -0.157. The summed E-state index contributed by atoms with van der Waals surface area (Å²) in [5.41, 5.74) is 1.56. The van der Waals surface area contributed by atoms with E-state index in [4.69, 9.17) is 0 Å². The van der Waals surface area contributed by atoms with Gasteiger partial charge in [-0.25, -0.2) is 9.97 Å². The first-order chi connectivity index (χ1) is 12.3. The van der Waals surface area contributed by atoms with Gasteiger partial charge < -0.3 is 20.3 Å². The third-order valence-electron chi connectivity index (χ3n) is 4.67. The van der Waals surface area contributed by atoms with Crippen LogP contribution in [0, 0.1) is 5.92 Å². The van der Waals surface area contributed by atoms with Crippen molar-refractivity contribution < 1.29 is 9.90 Å². The van der Waals surface area contributed by atoms with Crippen LogP contribution in [0.15, 0.2) is 48.9 Å². The number of H-pyrrole nitrogens is 1. The number of aromatic nitrogens is 3. The van der Waals surface area contributed by atoms with E-state index in [1.807, 2.05) is 35.4 Å². The van der Waals surface area contributed by atoms with Crippen LogP contribution in [0.3, 0.4) is 0 Å². The number of hydrogen-bond acceptors (Lipinski definition) is 5. The minimum absolute atomic E-state index is 0.00261. The Kier molecular flexibility index (Phi) is 4.07.